The van der Waals surface area contributed by atoms with Crippen LogP contribution in [0.3, 0.4) is 0 Å². The Hall–Kier alpha value is -2.94. The van der Waals surface area contributed by atoms with Crippen LogP contribution in [-0.2, 0) is 21.2 Å². The Morgan fingerprint density at radius 1 is 1.03 bits per heavy atom. The van der Waals surface area contributed by atoms with Gasteiger partial charge >= 0.3 is 0 Å². The molecule has 1 aliphatic carbocycles. The monoisotopic (exact) mass is 446 g/mol. The molecule has 1 fully saturated rings. The predicted octanol–water partition coefficient (Wildman–Crippen LogP) is 3.20. The smallest absolute Gasteiger partial charge is 0.261 e. The fraction of sp³-hybridized carbons (Fsp3) is 0.409. The largest absolute Gasteiger partial charge is 0.493 e. The van der Waals surface area contributed by atoms with Crippen LogP contribution in [0.25, 0.3) is 0 Å². The SMILES string of the molecule is COc1cc(NS(=O)(=O)c2ccc3c(c2)C[C@@H](C)N3C(=O)C2CC2)cc(OC)c1OC. The Kier molecular flexibility index (Phi) is 5.47. The topological polar surface area (TPSA) is 94.2 Å². The van der Waals surface area contributed by atoms with Gasteiger partial charge in [-0.2, -0.15) is 0 Å². The molecule has 1 saturated carbocycles. The van der Waals surface area contributed by atoms with Crippen LogP contribution >= 0.6 is 0 Å². The molecule has 0 radical (unpaired) electrons. The number of benzene rings is 2. The summed E-state index contributed by atoms with van der Waals surface area (Å²) in [5.74, 6) is 1.31. The third kappa shape index (κ3) is 3.89. The van der Waals surface area contributed by atoms with E-state index < -0.39 is 10.0 Å². The molecule has 0 aromatic heterocycles. The third-order valence-electron chi connectivity index (χ3n) is 5.66. The standard InChI is InChI=1S/C22H26N2O6S/c1-13-9-15-10-17(7-8-18(15)24(13)22(25)14-5-6-14)31(26,27)23-16-11-19(28-2)21(30-4)20(12-16)29-3/h7-8,10-14,23H,5-6,9H2,1-4H3/t13-/m1/s1. The van der Waals surface area contributed by atoms with Crippen molar-refractivity contribution in [3.05, 3.63) is 35.9 Å². The fourth-order valence-electron chi connectivity index (χ4n) is 3.99. The Labute approximate surface area is 182 Å². The van der Waals surface area contributed by atoms with Crippen molar-refractivity contribution in [2.24, 2.45) is 5.92 Å². The van der Waals surface area contributed by atoms with Gasteiger partial charge < -0.3 is 19.1 Å². The minimum Gasteiger partial charge on any atom is -0.493 e. The minimum atomic E-state index is -3.87. The first-order valence-corrected chi connectivity index (χ1v) is 11.6. The lowest BCUT2D eigenvalue weighted by Crippen LogP contribution is -2.36. The van der Waals surface area contributed by atoms with Crippen LogP contribution in [0.2, 0.25) is 0 Å². The van der Waals surface area contributed by atoms with Gasteiger partial charge in [0.15, 0.2) is 11.5 Å². The van der Waals surface area contributed by atoms with Crippen LogP contribution in [0.1, 0.15) is 25.3 Å². The van der Waals surface area contributed by atoms with Crippen LogP contribution in [0, 0.1) is 5.92 Å². The zero-order valence-electron chi connectivity index (χ0n) is 18.0. The summed E-state index contributed by atoms with van der Waals surface area (Å²) in [5.41, 5.74) is 1.94. The number of ether oxygens (including phenoxy) is 3. The van der Waals surface area contributed by atoms with Gasteiger partial charge in [-0.25, -0.2) is 8.42 Å². The van der Waals surface area contributed by atoms with Crippen LogP contribution < -0.4 is 23.8 Å². The van der Waals surface area contributed by atoms with E-state index in [2.05, 4.69) is 4.72 Å². The minimum absolute atomic E-state index is 0.0177. The summed E-state index contributed by atoms with van der Waals surface area (Å²) in [7, 11) is 0.539. The van der Waals surface area contributed by atoms with Crippen molar-refractivity contribution in [2.75, 3.05) is 31.0 Å². The number of sulfonamides is 1. The van der Waals surface area contributed by atoms with Crippen molar-refractivity contribution in [3.63, 3.8) is 0 Å². The van der Waals surface area contributed by atoms with Crippen LogP contribution in [0.15, 0.2) is 35.2 Å². The number of nitrogens with one attached hydrogen (secondary N) is 1. The van der Waals surface area contributed by atoms with Crippen LogP contribution in [-0.4, -0.2) is 41.7 Å². The molecule has 2 aromatic rings. The van der Waals surface area contributed by atoms with Crippen LogP contribution in [0.5, 0.6) is 17.2 Å². The van der Waals surface area contributed by atoms with Crippen molar-refractivity contribution in [1.29, 1.82) is 0 Å². The average molecular weight is 447 g/mol. The molecule has 0 saturated heterocycles. The number of methoxy groups -OCH3 is 3. The zero-order chi connectivity index (χ0) is 22.3. The summed E-state index contributed by atoms with van der Waals surface area (Å²) in [6.45, 7) is 1.99. The average Bonchev–Trinajstić information content (AvgIpc) is 3.54. The molecular formula is C22H26N2O6S. The first-order chi connectivity index (χ1) is 14.8. The maximum atomic E-state index is 13.1. The second-order valence-corrected chi connectivity index (χ2v) is 9.53. The molecule has 1 amide bonds. The maximum Gasteiger partial charge on any atom is 0.261 e. The van der Waals surface area contributed by atoms with Gasteiger partial charge in [-0.05, 0) is 49.9 Å². The van der Waals surface area contributed by atoms with Crippen molar-refractivity contribution >= 4 is 27.3 Å². The highest BCUT2D eigenvalue weighted by Crippen LogP contribution is 2.42. The second-order valence-electron chi connectivity index (χ2n) is 7.85. The van der Waals surface area contributed by atoms with Crippen molar-refractivity contribution in [1.82, 2.24) is 0 Å². The number of carbonyl (C=O) groups excluding carboxylic acids is 1. The molecule has 9 heteroatoms. The molecule has 1 aliphatic heterocycles. The summed E-state index contributed by atoms with van der Waals surface area (Å²) >= 11 is 0. The molecular weight excluding hydrogens is 420 g/mol. The third-order valence-corrected chi connectivity index (χ3v) is 7.04. The normalized spacial score (nSPS) is 17.8. The molecule has 1 N–H and O–H groups in total. The first-order valence-electron chi connectivity index (χ1n) is 10.1. The molecule has 31 heavy (non-hydrogen) atoms. The van der Waals surface area contributed by atoms with Gasteiger partial charge in [-0.15, -0.1) is 0 Å². The number of rotatable bonds is 7. The second kappa shape index (κ2) is 7.96. The number of nitrogens with zero attached hydrogens (tertiary/aromatic N) is 1. The lowest BCUT2D eigenvalue weighted by Gasteiger charge is -2.22. The quantitative estimate of drug-likeness (QED) is 0.702. The van der Waals surface area contributed by atoms with Crippen molar-refractivity contribution in [3.8, 4) is 17.2 Å². The maximum absolute atomic E-state index is 13.1. The molecule has 1 atom stereocenters. The molecule has 0 unspecified atom stereocenters. The van der Waals surface area contributed by atoms with E-state index in [0.29, 0.717) is 23.7 Å². The molecule has 0 bridgehead atoms. The van der Waals surface area contributed by atoms with Gasteiger partial charge in [0.1, 0.15) is 0 Å². The van der Waals surface area contributed by atoms with Crippen LogP contribution in [0.4, 0.5) is 11.4 Å². The Bertz CT molecular complexity index is 1100. The zero-order valence-corrected chi connectivity index (χ0v) is 18.8. The highest BCUT2D eigenvalue weighted by Gasteiger charge is 2.39. The van der Waals surface area contributed by atoms with Gasteiger partial charge in [-0.1, -0.05) is 0 Å². The number of carbonyl (C=O) groups is 1. The Morgan fingerprint density at radius 3 is 2.23 bits per heavy atom. The molecule has 0 spiro atoms. The van der Waals surface area contributed by atoms with Gasteiger partial charge in [0, 0.05) is 29.8 Å². The van der Waals surface area contributed by atoms with Gasteiger partial charge in [0.25, 0.3) is 10.0 Å². The molecule has 166 valence electrons. The summed E-state index contributed by atoms with van der Waals surface area (Å²) in [5, 5.41) is 0. The van der Waals surface area contributed by atoms with Gasteiger partial charge in [-0.3, -0.25) is 9.52 Å². The van der Waals surface area contributed by atoms with E-state index in [-0.39, 0.29) is 28.4 Å². The van der Waals surface area contributed by atoms with Crippen molar-refractivity contribution in [2.45, 2.75) is 37.1 Å². The number of anilines is 2. The van der Waals surface area contributed by atoms with E-state index in [1.807, 2.05) is 11.8 Å². The number of hydrogen-bond donors (Lipinski definition) is 1. The van der Waals surface area contributed by atoms with E-state index in [1.165, 1.54) is 39.5 Å². The molecule has 4 rings (SSSR count). The van der Waals surface area contributed by atoms with Crippen molar-refractivity contribution < 1.29 is 27.4 Å². The molecule has 2 aliphatic rings. The van der Waals surface area contributed by atoms with Gasteiger partial charge in [0.2, 0.25) is 11.7 Å². The Morgan fingerprint density at radius 2 is 1.68 bits per heavy atom. The molecule has 2 aromatic carbocycles. The number of amides is 1. The van der Waals surface area contributed by atoms with E-state index in [1.54, 1.807) is 12.1 Å². The van der Waals surface area contributed by atoms with E-state index in [9.17, 15) is 13.2 Å². The predicted molar refractivity (Wildman–Crippen MR) is 117 cm³/mol. The summed E-state index contributed by atoms with van der Waals surface area (Å²) < 4.78 is 44.6. The van der Waals surface area contributed by atoms with E-state index >= 15 is 0 Å². The number of hydrogen-bond acceptors (Lipinski definition) is 6. The van der Waals surface area contributed by atoms with E-state index in [0.717, 1.165) is 24.1 Å². The summed E-state index contributed by atoms with van der Waals surface area (Å²) in [6.07, 6.45) is 2.49. The highest BCUT2D eigenvalue weighted by molar-refractivity contribution is 7.92. The summed E-state index contributed by atoms with van der Waals surface area (Å²) in [6, 6.07) is 7.98. The lowest BCUT2D eigenvalue weighted by molar-refractivity contribution is -0.120. The molecule has 1 heterocycles. The fourth-order valence-corrected chi connectivity index (χ4v) is 5.08. The number of fused-ring (bicyclic) bond motifs is 1. The highest BCUT2D eigenvalue weighted by atomic mass is 32.2. The van der Waals surface area contributed by atoms with E-state index in [4.69, 9.17) is 14.2 Å². The van der Waals surface area contributed by atoms with Gasteiger partial charge in [0.05, 0.1) is 31.9 Å². The molecule has 8 nitrogen and oxygen atoms in total. The summed E-state index contributed by atoms with van der Waals surface area (Å²) in [4.78, 5) is 14.6. The lowest BCUT2D eigenvalue weighted by atomic mass is 10.1. The first kappa shape index (κ1) is 21.3. The Balaban J connectivity index is 1.63.